The molecule has 0 heterocycles. The van der Waals surface area contributed by atoms with Gasteiger partial charge in [-0.2, -0.15) is 0 Å². The third kappa shape index (κ3) is 2.69. The maximum absolute atomic E-state index is 11.5. The predicted octanol–water partition coefficient (Wildman–Crippen LogP) is 1.63. The Hall–Kier alpha value is -1.03. The Morgan fingerprint density at radius 2 is 1.67 bits per heavy atom. The number of benzene rings is 1. The van der Waals surface area contributed by atoms with Gasteiger partial charge in [0.15, 0.2) is 0 Å². The van der Waals surface area contributed by atoms with Crippen molar-refractivity contribution >= 4 is 12.9 Å². The lowest BCUT2D eigenvalue weighted by Gasteiger charge is -2.19. The molecular formula is C12H19O5P. The monoisotopic (exact) mass is 274 g/mol. The molecule has 18 heavy (non-hydrogen) atoms. The first-order valence-electron chi connectivity index (χ1n) is 5.73. The highest BCUT2D eigenvalue weighted by molar-refractivity contribution is 7.60. The van der Waals surface area contributed by atoms with Crippen molar-refractivity contribution in [1.29, 1.82) is 0 Å². The number of hydrogen-bond acceptors (Lipinski definition) is 3. The van der Waals surface area contributed by atoms with Crippen LogP contribution in [0.4, 0.5) is 0 Å². The molecule has 0 bridgehead atoms. The van der Waals surface area contributed by atoms with Crippen LogP contribution in [0.5, 0.6) is 11.5 Å². The molecule has 0 aliphatic rings. The minimum Gasteiger partial charge on any atom is -0.496 e. The van der Waals surface area contributed by atoms with Gasteiger partial charge in [0, 0.05) is 11.1 Å². The molecule has 1 rings (SSSR count). The fourth-order valence-corrected chi connectivity index (χ4v) is 2.97. The molecule has 0 aliphatic heterocycles. The molecule has 0 amide bonds. The van der Waals surface area contributed by atoms with E-state index in [9.17, 15) is 14.4 Å². The second-order valence-electron chi connectivity index (χ2n) is 3.84. The molecule has 0 radical (unpaired) electrons. The van der Waals surface area contributed by atoms with Crippen molar-refractivity contribution in [2.45, 2.75) is 26.7 Å². The predicted molar refractivity (Wildman–Crippen MR) is 70.0 cm³/mol. The molecule has 0 saturated heterocycles. The standard InChI is InChI=1S/C12H19O5P/c1-5-8-10(16-3)7-11(18(13,14)15)9(6-2)12(8)17-4/h7H,5-6H2,1-4H3,(H2,13,14,15). The second kappa shape index (κ2) is 5.74. The molecule has 0 atom stereocenters. The normalized spacial score (nSPS) is 11.4. The summed E-state index contributed by atoms with van der Waals surface area (Å²) in [6, 6.07) is 1.42. The molecule has 0 spiro atoms. The Balaban J connectivity index is 3.69. The maximum Gasteiger partial charge on any atom is 0.356 e. The van der Waals surface area contributed by atoms with E-state index in [2.05, 4.69) is 0 Å². The Kier molecular flexibility index (Phi) is 4.79. The highest BCUT2D eigenvalue weighted by Gasteiger charge is 2.27. The van der Waals surface area contributed by atoms with E-state index < -0.39 is 7.60 Å². The van der Waals surface area contributed by atoms with Gasteiger partial charge in [0.05, 0.1) is 19.5 Å². The van der Waals surface area contributed by atoms with E-state index in [0.29, 0.717) is 29.9 Å². The second-order valence-corrected chi connectivity index (χ2v) is 5.41. The van der Waals surface area contributed by atoms with Crippen LogP contribution in [-0.4, -0.2) is 24.0 Å². The van der Waals surface area contributed by atoms with Crippen molar-refractivity contribution in [2.24, 2.45) is 0 Å². The molecule has 0 aliphatic carbocycles. The average Bonchev–Trinajstić information content (AvgIpc) is 2.34. The van der Waals surface area contributed by atoms with Gasteiger partial charge in [0.1, 0.15) is 11.5 Å². The lowest BCUT2D eigenvalue weighted by molar-refractivity contribution is 0.376. The number of hydrogen-bond donors (Lipinski definition) is 2. The molecule has 5 nitrogen and oxygen atoms in total. The molecular weight excluding hydrogens is 255 g/mol. The van der Waals surface area contributed by atoms with Gasteiger partial charge in [0.25, 0.3) is 0 Å². The highest BCUT2D eigenvalue weighted by atomic mass is 31.2. The van der Waals surface area contributed by atoms with Crippen LogP contribution in [-0.2, 0) is 17.4 Å². The van der Waals surface area contributed by atoms with Gasteiger partial charge in [-0.3, -0.25) is 4.57 Å². The average molecular weight is 274 g/mol. The molecule has 0 unspecified atom stereocenters. The van der Waals surface area contributed by atoms with Crippen molar-refractivity contribution < 1.29 is 23.8 Å². The van der Waals surface area contributed by atoms with Crippen LogP contribution >= 0.6 is 7.60 Å². The fraction of sp³-hybridized carbons (Fsp3) is 0.500. The Morgan fingerprint density at radius 1 is 1.11 bits per heavy atom. The first-order chi connectivity index (χ1) is 8.40. The summed E-state index contributed by atoms with van der Waals surface area (Å²) in [7, 11) is -1.37. The number of rotatable bonds is 5. The third-order valence-corrected chi connectivity index (χ3v) is 3.89. The van der Waals surface area contributed by atoms with Gasteiger partial charge in [0.2, 0.25) is 0 Å². The summed E-state index contributed by atoms with van der Waals surface area (Å²) in [6.07, 6.45) is 1.15. The molecule has 1 aromatic carbocycles. The Morgan fingerprint density at radius 3 is 2.00 bits per heavy atom. The summed E-state index contributed by atoms with van der Waals surface area (Å²) in [5.41, 5.74) is 1.37. The summed E-state index contributed by atoms with van der Waals surface area (Å²) < 4.78 is 22.0. The largest absolute Gasteiger partial charge is 0.496 e. The van der Waals surface area contributed by atoms with Gasteiger partial charge >= 0.3 is 7.60 Å². The number of ether oxygens (including phenoxy) is 2. The summed E-state index contributed by atoms with van der Waals surface area (Å²) in [4.78, 5) is 18.8. The van der Waals surface area contributed by atoms with Gasteiger partial charge in [-0.1, -0.05) is 13.8 Å². The van der Waals surface area contributed by atoms with E-state index in [1.54, 1.807) is 0 Å². The Bertz CT molecular complexity index is 478. The lowest BCUT2D eigenvalue weighted by Crippen LogP contribution is -2.15. The SMILES string of the molecule is CCc1c(OC)cc(P(=O)(O)O)c(CC)c1OC. The van der Waals surface area contributed by atoms with Crippen LogP contribution in [0.15, 0.2) is 6.07 Å². The van der Waals surface area contributed by atoms with E-state index in [-0.39, 0.29) is 5.30 Å². The molecule has 6 heteroatoms. The highest BCUT2D eigenvalue weighted by Crippen LogP contribution is 2.42. The van der Waals surface area contributed by atoms with Crippen LogP contribution in [0.3, 0.4) is 0 Å². The minimum absolute atomic E-state index is 0.0177. The Labute approximate surface area is 107 Å². The minimum atomic E-state index is -4.34. The maximum atomic E-state index is 11.5. The zero-order valence-electron chi connectivity index (χ0n) is 11.1. The zero-order chi connectivity index (χ0) is 13.9. The van der Waals surface area contributed by atoms with Crippen molar-refractivity contribution in [3.63, 3.8) is 0 Å². The molecule has 2 N–H and O–H groups in total. The molecule has 1 aromatic rings. The summed E-state index contributed by atoms with van der Waals surface area (Å²) in [5, 5.41) is -0.0177. The first-order valence-corrected chi connectivity index (χ1v) is 7.34. The summed E-state index contributed by atoms with van der Waals surface area (Å²) in [5.74, 6) is 0.961. The van der Waals surface area contributed by atoms with Gasteiger partial charge in [-0.15, -0.1) is 0 Å². The molecule has 102 valence electrons. The topological polar surface area (TPSA) is 76.0 Å². The quantitative estimate of drug-likeness (QED) is 0.798. The van der Waals surface area contributed by atoms with Crippen LogP contribution in [0.2, 0.25) is 0 Å². The van der Waals surface area contributed by atoms with Gasteiger partial charge in [-0.05, 0) is 18.9 Å². The van der Waals surface area contributed by atoms with E-state index in [1.807, 2.05) is 13.8 Å². The first kappa shape index (κ1) is 15.0. The summed E-state index contributed by atoms with van der Waals surface area (Å²) >= 11 is 0. The summed E-state index contributed by atoms with van der Waals surface area (Å²) in [6.45, 7) is 3.78. The van der Waals surface area contributed by atoms with Crippen LogP contribution in [0.25, 0.3) is 0 Å². The fourth-order valence-electron chi connectivity index (χ4n) is 2.07. The zero-order valence-corrected chi connectivity index (χ0v) is 12.0. The third-order valence-electron chi connectivity index (χ3n) is 2.87. The van der Waals surface area contributed by atoms with E-state index in [4.69, 9.17) is 9.47 Å². The molecule has 0 saturated carbocycles. The number of methoxy groups -OCH3 is 2. The van der Waals surface area contributed by atoms with Crippen LogP contribution < -0.4 is 14.8 Å². The van der Waals surface area contributed by atoms with Crippen molar-refractivity contribution in [3.05, 3.63) is 17.2 Å². The van der Waals surface area contributed by atoms with Crippen LogP contribution in [0, 0.1) is 0 Å². The van der Waals surface area contributed by atoms with Crippen LogP contribution in [0.1, 0.15) is 25.0 Å². The van der Waals surface area contributed by atoms with Gasteiger partial charge < -0.3 is 19.3 Å². The smallest absolute Gasteiger partial charge is 0.356 e. The van der Waals surface area contributed by atoms with Crippen molar-refractivity contribution in [3.8, 4) is 11.5 Å². The van der Waals surface area contributed by atoms with E-state index in [1.165, 1.54) is 20.3 Å². The molecule has 0 fully saturated rings. The van der Waals surface area contributed by atoms with E-state index >= 15 is 0 Å². The lowest BCUT2D eigenvalue weighted by atomic mass is 10.0. The van der Waals surface area contributed by atoms with Crippen molar-refractivity contribution in [2.75, 3.05) is 14.2 Å². The van der Waals surface area contributed by atoms with Gasteiger partial charge in [-0.25, -0.2) is 0 Å². The van der Waals surface area contributed by atoms with E-state index in [0.717, 1.165) is 5.56 Å². The molecule has 0 aromatic heterocycles. The van der Waals surface area contributed by atoms with Crippen molar-refractivity contribution in [1.82, 2.24) is 0 Å².